The highest BCUT2D eigenvalue weighted by Gasteiger charge is 2.20. The molecule has 0 saturated heterocycles. The Balaban J connectivity index is 1.96. The molecule has 2 aromatic carbocycles. The molecule has 1 aromatic heterocycles. The van der Waals surface area contributed by atoms with Gasteiger partial charge in [0.05, 0.1) is 34.3 Å². The number of thiazole rings is 1. The molecule has 0 aliphatic heterocycles. The van der Waals surface area contributed by atoms with Crippen molar-refractivity contribution in [2.45, 2.75) is 31.2 Å². The smallest absolute Gasteiger partial charge is 0.337 e. The number of carbonyl (C=O) groups excluding carboxylic acids is 2. The number of unbranched alkanes of at least 4 members (excludes halogenated alkanes) is 1. The van der Waals surface area contributed by atoms with Crippen molar-refractivity contribution in [3.8, 4) is 12.3 Å². The van der Waals surface area contributed by atoms with Crippen LogP contribution in [-0.2, 0) is 21.3 Å². The number of hydrogen-bond acceptors (Lipinski definition) is 6. The van der Waals surface area contributed by atoms with Gasteiger partial charge in [-0.3, -0.25) is 4.79 Å². The van der Waals surface area contributed by atoms with Crippen molar-refractivity contribution >= 4 is 43.5 Å². The summed E-state index contributed by atoms with van der Waals surface area (Å²) in [5, 5.41) is 0. The molecule has 0 bridgehead atoms. The molecule has 1 heterocycles. The first-order valence-corrected chi connectivity index (χ1v) is 12.8. The minimum absolute atomic E-state index is 0.113. The zero-order valence-corrected chi connectivity index (χ0v) is 20.8. The van der Waals surface area contributed by atoms with Crippen LogP contribution in [0.1, 0.15) is 40.5 Å². The van der Waals surface area contributed by atoms with E-state index in [9.17, 15) is 18.0 Å². The Kier molecular flexibility index (Phi) is 8.04. The number of sulfonamides is 1. The second kappa shape index (κ2) is 10.8. The Morgan fingerprint density at radius 2 is 1.85 bits per heavy atom. The van der Waals surface area contributed by atoms with E-state index in [0.717, 1.165) is 23.1 Å². The van der Waals surface area contributed by atoms with E-state index < -0.39 is 21.9 Å². The van der Waals surface area contributed by atoms with Gasteiger partial charge in [0.25, 0.3) is 5.91 Å². The van der Waals surface area contributed by atoms with Crippen LogP contribution in [0, 0.1) is 12.3 Å². The molecule has 3 rings (SSSR count). The van der Waals surface area contributed by atoms with E-state index in [1.165, 1.54) is 54.1 Å². The molecule has 0 spiro atoms. The van der Waals surface area contributed by atoms with Gasteiger partial charge in [-0.15, -0.1) is 6.42 Å². The van der Waals surface area contributed by atoms with Crippen LogP contribution in [0.4, 0.5) is 0 Å². The molecule has 0 radical (unpaired) electrons. The number of hydrogen-bond donors (Lipinski definition) is 0. The predicted molar refractivity (Wildman–Crippen MR) is 131 cm³/mol. The standard InChI is InChI=1S/C24H25N3O5S2/c1-5-7-15-26(3)34(30,31)19-11-8-17(9-12-19)22(28)25-24-27(14-6-2)20-13-10-18(23(29)32-4)16-21(20)33-24/h2,8-13,16H,5,7,14-15H2,1,3-4H3. The summed E-state index contributed by atoms with van der Waals surface area (Å²) in [6, 6.07) is 10.7. The summed E-state index contributed by atoms with van der Waals surface area (Å²) in [7, 11) is -0.785. The van der Waals surface area contributed by atoms with Crippen LogP contribution < -0.4 is 4.80 Å². The van der Waals surface area contributed by atoms with Gasteiger partial charge < -0.3 is 9.30 Å². The fraction of sp³-hybridized carbons (Fsp3) is 0.292. The Morgan fingerprint density at radius 3 is 2.47 bits per heavy atom. The van der Waals surface area contributed by atoms with Crippen LogP contribution >= 0.6 is 11.3 Å². The first kappa shape index (κ1) is 25.4. The molecule has 0 saturated carbocycles. The Hall–Kier alpha value is -3.26. The second-order valence-corrected chi connectivity index (χ2v) is 10.5. The maximum atomic E-state index is 12.8. The van der Waals surface area contributed by atoms with Gasteiger partial charge in [0.15, 0.2) is 4.80 Å². The number of esters is 1. The van der Waals surface area contributed by atoms with E-state index >= 15 is 0 Å². The summed E-state index contributed by atoms with van der Waals surface area (Å²) < 4.78 is 33.9. The van der Waals surface area contributed by atoms with Crippen molar-refractivity contribution in [3.63, 3.8) is 0 Å². The number of amides is 1. The molecule has 8 nitrogen and oxygen atoms in total. The summed E-state index contributed by atoms with van der Waals surface area (Å²) in [6.07, 6.45) is 7.15. The van der Waals surface area contributed by atoms with E-state index in [1.54, 1.807) is 22.8 Å². The van der Waals surface area contributed by atoms with Gasteiger partial charge in [0.2, 0.25) is 10.0 Å². The lowest BCUT2D eigenvalue weighted by Gasteiger charge is -2.16. The SMILES string of the molecule is C#CCn1c(=NC(=O)c2ccc(S(=O)(=O)N(C)CCCC)cc2)sc2cc(C(=O)OC)ccc21. The number of aromatic nitrogens is 1. The first-order valence-electron chi connectivity index (χ1n) is 10.5. The quantitative estimate of drug-likeness (QED) is 0.350. The third kappa shape index (κ3) is 5.28. The van der Waals surface area contributed by atoms with Gasteiger partial charge in [-0.1, -0.05) is 30.6 Å². The third-order valence-electron chi connectivity index (χ3n) is 5.19. The Bertz CT molecular complexity index is 1430. The van der Waals surface area contributed by atoms with Crippen LogP contribution in [0.3, 0.4) is 0 Å². The predicted octanol–water partition coefficient (Wildman–Crippen LogP) is 3.28. The summed E-state index contributed by atoms with van der Waals surface area (Å²) >= 11 is 1.22. The average Bonchev–Trinajstić information content (AvgIpc) is 3.18. The highest BCUT2D eigenvalue weighted by atomic mass is 32.2. The van der Waals surface area contributed by atoms with E-state index in [4.69, 9.17) is 11.2 Å². The molecular weight excluding hydrogens is 474 g/mol. The number of ether oxygens (including phenoxy) is 1. The molecule has 178 valence electrons. The average molecular weight is 500 g/mol. The van der Waals surface area contributed by atoms with Gasteiger partial charge in [-0.25, -0.2) is 17.5 Å². The van der Waals surface area contributed by atoms with Crippen molar-refractivity contribution in [1.82, 2.24) is 8.87 Å². The van der Waals surface area contributed by atoms with Crippen molar-refractivity contribution in [1.29, 1.82) is 0 Å². The number of methoxy groups -OCH3 is 1. The minimum atomic E-state index is -3.63. The monoisotopic (exact) mass is 499 g/mol. The number of fused-ring (bicyclic) bond motifs is 1. The first-order chi connectivity index (χ1) is 16.2. The summed E-state index contributed by atoms with van der Waals surface area (Å²) in [4.78, 5) is 29.4. The molecule has 1 amide bonds. The molecule has 0 atom stereocenters. The second-order valence-electron chi connectivity index (χ2n) is 7.47. The lowest BCUT2D eigenvalue weighted by Crippen LogP contribution is -2.27. The molecular formula is C24H25N3O5S2. The number of benzene rings is 2. The minimum Gasteiger partial charge on any atom is -0.465 e. The largest absolute Gasteiger partial charge is 0.465 e. The zero-order valence-electron chi connectivity index (χ0n) is 19.1. The third-order valence-corrected chi connectivity index (χ3v) is 8.10. The molecule has 10 heteroatoms. The maximum Gasteiger partial charge on any atom is 0.337 e. The Labute approximate surface area is 202 Å². The van der Waals surface area contributed by atoms with Gasteiger partial charge in [-0.05, 0) is 48.9 Å². The van der Waals surface area contributed by atoms with Crippen LogP contribution in [-0.4, -0.2) is 49.9 Å². The molecule has 0 unspecified atom stereocenters. The summed E-state index contributed by atoms with van der Waals surface area (Å²) in [6.45, 7) is 2.60. The normalized spacial score (nSPS) is 12.1. The van der Waals surface area contributed by atoms with E-state index in [2.05, 4.69) is 10.9 Å². The van der Waals surface area contributed by atoms with Crippen LogP contribution in [0.25, 0.3) is 10.2 Å². The number of terminal acetylenes is 1. The Morgan fingerprint density at radius 1 is 1.18 bits per heavy atom. The van der Waals surface area contributed by atoms with Crippen molar-refractivity contribution in [2.75, 3.05) is 20.7 Å². The van der Waals surface area contributed by atoms with Crippen LogP contribution in [0.2, 0.25) is 0 Å². The number of carbonyl (C=O) groups is 2. The number of nitrogens with zero attached hydrogens (tertiary/aromatic N) is 3. The van der Waals surface area contributed by atoms with E-state index in [1.807, 2.05) is 6.92 Å². The summed E-state index contributed by atoms with van der Waals surface area (Å²) in [5.41, 5.74) is 1.36. The number of rotatable bonds is 8. The maximum absolute atomic E-state index is 12.8. The van der Waals surface area contributed by atoms with Crippen molar-refractivity contribution < 1.29 is 22.7 Å². The lowest BCUT2D eigenvalue weighted by atomic mass is 10.2. The van der Waals surface area contributed by atoms with Crippen molar-refractivity contribution in [3.05, 3.63) is 58.4 Å². The fourth-order valence-corrected chi connectivity index (χ4v) is 5.53. The van der Waals surface area contributed by atoms with Gasteiger partial charge in [0, 0.05) is 19.2 Å². The summed E-state index contributed by atoms with van der Waals surface area (Å²) in [5.74, 6) is 1.55. The van der Waals surface area contributed by atoms with Crippen LogP contribution in [0.15, 0.2) is 52.4 Å². The molecule has 0 N–H and O–H groups in total. The van der Waals surface area contributed by atoms with Gasteiger partial charge >= 0.3 is 5.97 Å². The van der Waals surface area contributed by atoms with Gasteiger partial charge in [0.1, 0.15) is 0 Å². The van der Waals surface area contributed by atoms with Gasteiger partial charge in [-0.2, -0.15) is 4.99 Å². The molecule has 34 heavy (non-hydrogen) atoms. The van der Waals surface area contributed by atoms with Crippen LogP contribution in [0.5, 0.6) is 0 Å². The molecule has 0 aliphatic carbocycles. The van der Waals surface area contributed by atoms with Crippen molar-refractivity contribution in [2.24, 2.45) is 4.99 Å². The van der Waals surface area contributed by atoms with E-state index in [0.29, 0.717) is 16.9 Å². The molecule has 3 aromatic rings. The topological polar surface area (TPSA) is 98.0 Å². The van der Waals surface area contributed by atoms with E-state index in [-0.39, 0.29) is 17.0 Å². The lowest BCUT2D eigenvalue weighted by molar-refractivity contribution is 0.0600. The molecule has 0 aliphatic rings. The highest BCUT2D eigenvalue weighted by Crippen LogP contribution is 2.20. The highest BCUT2D eigenvalue weighted by molar-refractivity contribution is 7.89. The fourth-order valence-electron chi connectivity index (χ4n) is 3.25. The zero-order chi connectivity index (χ0) is 24.9. The molecule has 0 fully saturated rings.